The third-order valence-electron chi connectivity index (χ3n) is 3.96. The van der Waals surface area contributed by atoms with Crippen molar-refractivity contribution in [1.29, 1.82) is 0 Å². The van der Waals surface area contributed by atoms with Crippen molar-refractivity contribution < 1.29 is 9.90 Å². The molecular weight excluding hydrogens is 190 g/mol. The lowest BCUT2D eigenvalue weighted by molar-refractivity contribution is -0.123. The summed E-state index contributed by atoms with van der Waals surface area (Å²) in [4.78, 5) is 11.8. The molecule has 0 aromatic carbocycles. The normalized spacial score (nSPS) is 34.7. The van der Waals surface area contributed by atoms with Gasteiger partial charge >= 0.3 is 0 Å². The number of rotatable bonds is 5. The molecule has 3 unspecified atom stereocenters. The number of aliphatic hydroxyl groups excluding tert-OH is 1. The Balaban J connectivity index is 1.66. The predicted octanol–water partition coefficient (Wildman–Crippen LogP) is 1.17. The highest BCUT2D eigenvalue weighted by Gasteiger charge is 2.56. The minimum Gasteiger partial charge on any atom is -0.396 e. The van der Waals surface area contributed by atoms with E-state index in [0.29, 0.717) is 23.7 Å². The van der Waals surface area contributed by atoms with Crippen LogP contribution in [0.25, 0.3) is 0 Å². The van der Waals surface area contributed by atoms with E-state index < -0.39 is 0 Å². The first kappa shape index (κ1) is 10.9. The molecule has 0 aliphatic heterocycles. The summed E-state index contributed by atoms with van der Waals surface area (Å²) in [5, 5.41) is 11.7. The Kier molecular flexibility index (Phi) is 3.29. The minimum absolute atomic E-state index is 0.214. The molecule has 2 rings (SSSR count). The van der Waals surface area contributed by atoms with Crippen molar-refractivity contribution >= 4 is 5.91 Å². The van der Waals surface area contributed by atoms with Gasteiger partial charge in [-0.1, -0.05) is 13.3 Å². The van der Waals surface area contributed by atoms with Gasteiger partial charge in [0.25, 0.3) is 0 Å². The topological polar surface area (TPSA) is 49.3 Å². The Bertz CT molecular complexity index is 232. The third-order valence-corrected chi connectivity index (χ3v) is 3.96. The van der Waals surface area contributed by atoms with Gasteiger partial charge in [-0.05, 0) is 37.0 Å². The number of aliphatic hydroxyl groups is 1. The molecule has 0 heterocycles. The maximum atomic E-state index is 11.8. The van der Waals surface area contributed by atoms with Crippen LogP contribution in [0.3, 0.4) is 0 Å². The van der Waals surface area contributed by atoms with E-state index in [9.17, 15) is 4.79 Å². The summed E-state index contributed by atoms with van der Waals surface area (Å²) in [6.45, 7) is 2.99. The second kappa shape index (κ2) is 4.52. The first-order valence-electron chi connectivity index (χ1n) is 6.12. The molecule has 0 aromatic heterocycles. The van der Waals surface area contributed by atoms with Crippen LogP contribution in [-0.2, 0) is 4.79 Å². The van der Waals surface area contributed by atoms with E-state index in [1.54, 1.807) is 0 Å². The molecule has 3 atom stereocenters. The number of hydrogen-bond donors (Lipinski definition) is 2. The summed E-state index contributed by atoms with van der Waals surface area (Å²) in [5.74, 6) is 2.39. The van der Waals surface area contributed by atoms with Gasteiger partial charge in [-0.2, -0.15) is 0 Å². The van der Waals surface area contributed by atoms with Gasteiger partial charge in [-0.15, -0.1) is 0 Å². The fourth-order valence-electron chi connectivity index (χ4n) is 2.93. The van der Waals surface area contributed by atoms with Crippen LogP contribution in [0, 0.1) is 23.7 Å². The van der Waals surface area contributed by atoms with Gasteiger partial charge in [0.2, 0.25) is 5.91 Å². The lowest BCUT2D eigenvalue weighted by atomic mass is 10.1. The molecule has 0 aromatic rings. The summed E-state index contributed by atoms with van der Waals surface area (Å²) in [6.07, 6.45) is 4.61. The smallest absolute Gasteiger partial charge is 0.223 e. The van der Waals surface area contributed by atoms with E-state index in [0.717, 1.165) is 13.0 Å². The van der Waals surface area contributed by atoms with Crippen molar-refractivity contribution in [2.45, 2.75) is 32.6 Å². The molecule has 0 spiro atoms. The Labute approximate surface area is 91.2 Å². The number of nitrogens with one attached hydrogen (secondary N) is 1. The van der Waals surface area contributed by atoms with Gasteiger partial charge in [-0.25, -0.2) is 0 Å². The second-order valence-corrected chi connectivity index (χ2v) is 5.15. The number of carbonyl (C=O) groups is 1. The van der Waals surface area contributed by atoms with E-state index in [1.807, 2.05) is 0 Å². The van der Waals surface area contributed by atoms with Crippen molar-refractivity contribution in [3.63, 3.8) is 0 Å². The van der Waals surface area contributed by atoms with Crippen molar-refractivity contribution in [2.75, 3.05) is 13.2 Å². The lowest BCUT2D eigenvalue weighted by Gasteiger charge is -2.11. The summed E-state index contributed by atoms with van der Waals surface area (Å²) < 4.78 is 0. The van der Waals surface area contributed by atoms with Crippen molar-refractivity contribution in [2.24, 2.45) is 23.7 Å². The minimum atomic E-state index is 0.214. The zero-order chi connectivity index (χ0) is 10.8. The Hall–Kier alpha value is -0.570. The first-order valence-corrected chi connectivity index (χ1v) is 6.12. The predicted molar refractivity (Wildman–Crippen MR) is 58.2 cm³/mol. The molecular formula is C12H21NO2. The molecule has 2 saturated carbocycles. The van der Waals surface area contributed by atoms with E-state index in [1.165, 1.54) is 19.3 Å². The van der Waals surface area contributed by atoms with Crippen molar-refractivity contribution in [3.8, 4) is 0 Å². The van der Waals surface area contributed by atoms with Gasteiger partial charge in [0.1, 0.15) is 0 Å². The van der Waals surface area contributed by atoms with Gasteiger partial charge in [0.05, 0.1) is 0 Å². The monoisotopic (exact) mass is 211 g/mol. The van der Waals surface area contributed by atoms with E-state index in [-0.39, 0.29) is 12.5 Å². The second-order valence-electron chi connectivity index (χ2n) is 5.15. The molecule has 2 aliphatic carbocycles. The summed E-state index contributed by atoms with van der Waals surface area (Å²) in [5.41, 5.74) is 0. The molecule has 3 heteroatoms. The molecule has 15 heavy (non-hydrogen) atoms. The number of carbonyl (C=O) groups excluding carboxylic acids is 1. The van der Waals surface area contributed by atoms with Gasteiger partial charge < -0.3 is 10.4 Å². The zero-order valence-electron chi connectivity index (χ0n) is 9.41. The summed E-state index contributed by atoms with van der Waals surface area (Å²) >= 11 is 0. The fourth-order valence-corrected chi connectivity index (χ4v) is 2.93. The van der Waals surface area contributed by atoms with Crippen LogP contribution in [0.1, 0.15) is 32.6 Å². The Morgan fingerprint density at radius 1 is 1.47 bits per heavy atom. The van der Waals surface area contributed by atoms with Gasteiger partial charge in [0.15, 0.2) is 0 Å². The van der Waals surface area contributed by atoms with E-state index >= 15 is 0 Å². The standard InChI is InChI=1S/C12H21NO2/c1-8(5-6-14)7-13-12(15)11-9-3-2-4-10(9)11/h8-11,14H,2-7H2,1H3,(H,13,15). The molecule has 2 fully saturated rings. The Morgan fingerprint density at radius 2 is 2.13 bits per heavy atom. The number of amides is 1. The van der Waals surface area contributed by atoms with Crippen LogP contribution in [-0.4, -0.2) is 24.2 Å². The number of fused-ring (bicyclic) bond motifs is 1. The van der Waals surface area contributed by atoms with Crippen LogP contribution < -0.4 is 5.32 Å². The quantitative estimate of drug-likeness (QED) is 0.717. The average molecular weight is 211 g/mol. The highest BCUT2D eigenvalue weighted by molar-refractivity contribution is 5.82. The zero-order valence-corrected chi connectivity index (χ0v) is 9.41. The number of hydrogen-bond acceptors (Lipinski definition) is 2. The fraction of sp³-hybridized carbons (Fsp3) is 0.917. The van der Waals surface area contributed by atoms with Crippen LogP contribution in [0.5, 0.6) is 0 Å². The third kappa shape index (κ3) is 2.33. The molecule has 2 N–H and O–H groups in total. The maximum absolute atomic E-state index is 11.8. The SMILES string of the molecule is CC(CCO)CNC(=O)C1C2CCCC21. The lowest BCUT2D eigenvalue weighted by Crippen LogP contribution is -2.31. The molecule has 0 bridgehead atoms. The summed E-state index contributed by atoms with van der Waals surface area (Å²) in [7, 11) is 0. The Morgan fingerprint density at radius 3 is 2.73 bits per heavy atom. The molecule has 3 nitrogen and oxygen atoms in total. The van der Waals surface area contributed by atoms with Crippen LogP contribution in [0.2, 0.25) is 0 Å². The van der Waals surface area contributed by atoms with Gasteiger partial charge in [0, 0.05) is 19.1 Å². The molecule has 86 valence electrons. The highest BCUT2D eigenvalue weighted by Crippen LogP contribution is 2.57. The average Bonchev–Trinajstić information content (AvgIpc) is 2.69. The largest absolute Gasteiger partial charge is 0.396 e. The van der Waals surface area contributed by atoms with Crippen molar-refractivity contribution in [3.05, 3.63) is 0 Å². The molecule has 0 radical (unpaired) electrons. The molecule has 0 saturated heterocycles. The van der Waals surface area contributed by atoms with Crippen LogP contribution in [0.4, 0.5) is 0 Å². The maximum Gasteiger partial charge on any atom is 0.223 e. The van der Waals surface area contributed by atoms with E-state index in [4.69, 9.17) is 5.11 Å². The first-order chi connectivity index (χ1) is 7.24. The van der Waals surface area contributed by atoms with Crippen LogP contribution in [0.15, 0.2) is 0 Å². The van der Waals surface area contributed by atoms with Gasteiger partial charge in [-0.3, -0.25) is 4.79 Å². The molecule has 1 amide bonds. The molecule has 2 aliphatic rings. The van der Waals surface area contributed by atoms with Crippen molar-refractivity contribution in [1.82, 2.24) is 5.32 Å². The summed E-state index contributed by atoms with van der Waals surface area (Å²) in [6, 6.07) is 0. The highest BCUT2D eigenvalue weighted by atomic mass is 16.3. The van der Waals surface area contributed by atoms with Crippen LogP contribution >= 0.6 is 0 Å². The van der Waals surface area contributed by atoms with E-state index in [2.05, 4.69) is 12.2 Å².